The summed E-state index contributed by atoms with van der Waals surface area (Å²) >= 11 is 0. The number of nitrogens with two attached hydrogens (primary N) is 1. The van der Waals surface area contributed by atoms with E-state index in [9.17, 15) is 0 Å². The molecule has 0 bridgehead atoms. The number of nitrogens with zero attached hydrogens (tertiary/aromatic N) is 5. The van der Waals surface area contributed by atoms with Gasteiger partial charge >= 0.3 is 0 Å². The molecule has 1 aliphatic carbocycles. The third kappa shape index (κ3) is 4.54. The molecule has 1 aromatic carbocycles. The van der Waals surface area contributed by atoms with Gasteiger partial charge in [0.25, 0.3) is 0 Å². The molecule has 0 radical (unpaired) electrons. The van der Waals surface area contributed by atoms with E-state index in [-0.39, 0.29) is 0 Å². The van der Waals surface area contributed by atoms with Gasteiger partial charge in [0.15, 0.2) is 0 Å². The first-order valence-corrected chi connectivity index (χ1v) is 10.5. The van der Waals surface area contributed by atoms with Crippen LogP contribution in [-0.4, -0.2) is 38.2 Å². The van der Waals surface area contributed by atoms with E-state index >= 15 is 0 Å². The fourth-order valence-corrected chi connectivity index (χ4v) is 4.25. The van der Waals surface area contributed by atoms with Gasteiger partial charge in [0.05, 0.1) is 18.3 Å². The molecule has 0 aliphatic heterocycles. The molecule has 2 heterocycles. The maximum Gasteiger partial charge on any atom is 0.147 e. The Labute approximate surface area is 172 Å². The average molecular weight is 391 g/mol. The van der Waals surface area contributed by atoms with Crippen molar-refractivity contribution in [2.24, 2.45) is 5.73 Å². The number of benzene rings is 1. The van der Waals surface area contributed by atoms with E-state index in [1.807, 2.05) is 18.3 Å². The summed E-state index contributed by atoms with van der Waals surface area (Å²) in [4.78, 5) is 7.07. The second-order valence-corrected chi connectivity index (χ2v) is 7.86. The molecule has 0 spiro atoms. The highest BCUT2D eigenvalue weighted by molar-refractivity contribution is 5.25. The van der Waals surface area contributed by atoms with Crippen LogP contribution in [-0.2, 0) is 25.9 Å². The van der Waals surface area contributed by atoms with E-state index in [1.165, 1.54) is 23.2 Å². The smallest absolute Gasteiger partial charge is 0.147 e. The summed E-state index contributed by atoms with van der Waals surface area (Å²) in [5.74, 6) is 2.02. The quantitative estimate of drug-likeness (QED) is 0.640. The van der Waals surface area contributed by atoms with Crippen LogP contribution in [0.2, 0.25) is 0 Å². The Morgan fingerprint density at radius 3 is 2.76 bits per heavy atom. The van der Waals surface area contributed by atoms with Gasteiger partial charge in [-0.25, -0.2) is 0 Å². The highest BCUT2D eigenvalue weighted by Crippen LogP contribution is 2.32. The first-order valence-electron chi connectivity index (χ1n) is 10.5. The van der Waals surface area contributed by atoms with Crippen LogP contribution in [0.3, 0.4) is 0 Å². The van der Waals surface area contributed by atoms with Crippen molar-refractivity contribution in [1.29, 1.82) is 0 Å². The van der Waals surface area contributed by atoms with Gasteiger partial charge in [0, 0.05) is 19.2 Å². The fraction of sp³-hybridized carbons (Fsp3) is 0.435. The number of fused-ring (bicyclic) bond motifs is 1. The van der Waals surface area contributed by atoms with Crippen LogP contribution in [0.25, 0.3) is 0 Å². The normalized spacial score (nSPS) is 16.2. The van der Waals surface area contributed by atoms with Crippen LogP contribution >= 0.6 is 0 Å². The van der Waals surface area contributed by atoms with Crippen molar-refractivity contribution in [2.45, 2.75) is 51.2 Å². The highest BCUT2D eigenvalue weighted by atomic mass is 15.3. The Morgan fingerprint density at radius 2 is 1.93 bits per heavy atom. The molecular weight excluding hydrogens is 360 g/mol. The summed E-state index contributed by atoms with van der Waals surface area (Å²) in [6, 6.07) is 15.0. The third-order valence-corrected chi connectivity index (χ3v) is 5.78. The van der Waals surface area contributed by atoms with Crippen molar-refractivity contribution in [1.82, 2.24) is 24.6 Å². The molecular formula is C23H30N6. The maximum absolute atomic E-state index is 5.80. The first-order chi connectivity index (χ1) is 14.3. The molecule has 2 N–H and O–H groups in total. The van der Waals surface area contributed by atoms with Crippen molar-refractivity contribution < 1.29 is 0 Å². The average Bonchev–Trinajstić information content (AvgIpc) is 3.13. The Bertz CT molecular complexity index is 920. The van der Waals surface area contributed by atoms with Gasteiger partial charge in [0.2, 0.25) is 0 Å². The Morgan fingerprint density at radius 1 is 1.10 bits per heavy atom. The van der Waals surface area contributed by atoms with E-state index in [1.54, 1.807) is 0 Å². The minimum absolute atomic E-state index is 0.331. The zero-order valence-electron chi connectivity index (χ0n) is 17.2. The van der Waals surface area contributed by atoms with Crippen LogP contribution in [0.1, 0.15) is 53.8 Å². The SMILES string of the molecule is CN(Cc1nnc(Cc2ccccc2)n1CCCN)C1CCCc2cccnc21. The molecule has 1 atom stereocenters. The van der Waals surface area contributed by atoms with Crippen LogP contribution in [0, 0.1) is 0 Å². The Kier molecular flexibility index (Phi) is 6.32. The predicted octanol–water partition coefficient (Wildman–Crippen LogP) is 3.12. The van der Waals surface area contributed by atoms with Crippen LogP contribution < -0.4 is 5.73 Å². The first kappa shape index (κ1) is 19.7. The lowest BCUT2D eigenvalue weighted by molar-refractivity contribution is 0.200. The maximum atomic E-state index is 5.80. The van der Waals surface area contributed by atoms with Crippen molar-refractivity contribution in [3.05, 3.63) is 77.1 Å². The molecule has 0 saturated heterocycles. The van der Waals surface area contributed by atoms with Gasteiger partial charge < -0.3 is 10.3 Å². The van der Waals surface area contributed by atoms with Crippen LogP contribution in [0.5, 0.6) is 0 Å². The number of hydrogen-bond donors (Lipinski definition) is 1. The van der Waals surface area contributed by atoms with Gasteiger partial charge in [0.1, 0.15) is 11.6 Å². The van der Waals surface area contributed by atoms with Gasteiger partial charge in [-0.15, -0.1) is 10.2 Å². The summed E-state index contributed by atoms with van der Waals surface area (Å²) in [6.07, 6.45) is 7.08. The van der Waals surface area contributed by atoms with Gasteiger partial charge in [-0.1, -0.05) is 36.4 Å². The van der Waals surface area contributed by atoms with E-state index in [2.05, 4.69) is 57.0 Å². The third-order valence-electron chi connectivity index (χ3n) is 5.78. The van der Waals surface area contributed by atoms with E-state index < -0.39 is 0 Å². The Balaban J connectivity index is 1.55. The summed E-state index contributed by atoms with van der Waals surface area (Å²) < 4.78 is 2.26. The molecule has 2 aromatic heterocycles. The molecule has 6 heteroatoms. The Hall–Kier alpha value is -2.57. The standard InChI is InChI=1S/C23H30N6/c1-28(20-12-5-10-19-11-6-14-25-23(19)20)17-22-27-26-21(29(22)15-7-13-24)16-18-8-3-2-4-9-18/h2-4,6,8-9,11,14,20H,5,7,10,12-13,15-17,24H2,1H3. The highest BCUT2D eigenvalue weighted by Gasteiger charge is 2.26. The molecule has 152 valence electrons. The largest absolute Gasteiger partial charge is 0.330 e. The number of aromatic nitrogens is 4. The van der Waals surface area contributed by atoms with E-state index in [4.69, 9.17) is 10.7 Å². The second-order valence-electron chi connectivity index (χ2n) is 7.86. The number of hydrogen-bond acceptors (Lipinski definition) is 5. The van der Waals surface area contributed by atoms with Crippen molar-refractivity contribution in [2.75, 3.05) is 13.6 Å². The molecule has 0 fully saturated rings. The summed E-state index contributed by atoms with van der Waals surface area (Å²) in [5.41, 5.74) is 9.65. The lowest BCUT2D eigenvalue weighted by Gasteiger charge is -2.32. The van der Waals surface area contributed by atoms with Crippen molar-refractivity contribution >= 4 is 0 Å². The monoisotopic (exact) mass is 390 g/mol. The summed E-state index contributed by atoms with van der Waals surface area (Å²) in [5, 5.41) is 9.10. The van der Waals surface area contributed by atoms with Crippen LogP contribution in [0.4, 0.5) is 0 Å². The molecule has 29 heavy (non-hydrogen) atoms. The number of rotatable bonds is 8. The fourth-order valence-electron chi connectivity index (χ4n) is 4.25. The molecule has 4 rings (SSSR count). The van der Waals surface area contributed by atoms with Crippen LogP contribution in [0.15, 0.2) is 48.7 Å². The van der Waals surface area contributed by atoms with E-state index in [0.717, 1.165) is 50.4 Å². The molecule has 6 nitrogen and oxygen atoms in total. The van der Waals surface area contributed by atoms with Crippen molar-refractivity contribution in [3.63, 3.8) is 0 Å². The molecule has 0 amide bonds. The van der Waals surface area contributed by atoms with E-state index in [0.29, 0.717) is 12.6 Å². The van der Waals surface area contributed by atoms with Gasteiger partial charge in [-0.3, -0.25) is 9.88 Å². The zero-order chi connectivity index (χ0) is 20.1. The molecule has 0 saturated carbocycles. The minimum atomic E-state index is 0.331. The molecule has 1 unspecified atom stereocenters. The van der Waals surface area contributed by atoms with Gasteiger partial charge in [-0.05, 0) is 56.5 Å². The number of aryl methyl sites for hydroxylation is 1. The minimum Gasteiger partial charge on any atom is -0.330 e. The lowest BCUT2D eigenvalue weighted by Crippen LogP contribution is -2.29. The zero-order valence-corrected chi connectivity index (χ0v) is 17.2. The lowest BCUT2D eigenvalue weighted by atomic mass is 9.91. The topological polar surface area (TPSA) is 72.9 Å². The van der Waals surface area contributed by atoms with Gasteiger partial charge in [-0.2, -0.15) is 0 Å². The van der Waals surface area contributed by atoms with Crippen molar-refractivity contribution in [3.8, 4) is 0 Å². The predicted molar refractivity (Wildman–Crippen MR) is 114 cm³/mol. The summed E-state index contributed by atoms with van der Waals surface area (Å²) in [6.45, 7) is 2.28. The summed E-state index contributed by atoms with van der Waals surface area (Å²) in [7, 11) is 2.17. The molecule has 1 aliphatic rings. The molecule has 3 aromatic rings. The second kappa shape index (κ2) is 9.29. The number of pyridine rings is 1.